The van der Waals surface area contributed by atoms with E-state index in [0.717, 1.165) is 62.1 Å². The van der Waals surface area contributed by atoms with Crippen molar-refractivity contribution in [3.05, 3.63) is 41.1 Å². The number of aryl methyl sites for hydroxylation is 1. The highest BCUT2D eigenvalue weighted by atomic mass is 35.5. The highest BCUT2D eigenvalue weighted by Gasteiger charge is 2.27. The van der Waals surface area contributed by atoms with Crippen LogP contribution in [-0.4, -0.2) is 75.1 Å². The molecule has 0 saturated carbocycles. The standard InChI is InChI=1S/C26H42ClN5O/c1-9-31(10-2)14-13-30(7)22-11-12-32(18-22)25-16-26(33-8)24(15-20(25)5)29-21(6)28-17-23(27)19(3)4/h15-17,22H,3,9-14,18H2,1-2,4-8H3,(H,28,29)/b23-17+. The van der Waals surface area contributed by atoms with Crippen LogP contribution in [0.25, 0.3) is 0 Å². The van der Waals surface area contributed by atoms with Crippen LogP contribution in [0.5, 0.6) is 5.75 Å². The Labute approximate surface area is 205 Å². The molecule has 0 aliphatic carbocycles. The van der Waals surface area contributed by atoms with Gasteiger partial charge in [-0.2, -0.15) is 0 Å². The van der Waals surface area contributed by atoms with Crippen molar-refractivity contribution in [1.82, 2.24) is 9.80 Å². The summed E-state index contributed by atoms with van der Waals surface area (Å²) < 4.78 is 5.71. The van der Waals surface area contributed by atoms with Gasteiger partial charge in [0.15, 0.2) is 0 Å². The lowest BCUT2D eigenvalue weighted by molar-refractivity contribution is 0.206. The first-order chi connectivity index (χ1) is 15.7. The molecule has 0 spiro atoms. The normalized spacial score (nSPS) is 17.3. The zero-order valence-corrected chi connectivity index (χ0v) is 22.3. The summed E-state index contributed by atoms with van der Waals surface area (Å²) in [7, 11) is 3.96. The number of likely N-dealkylation sites (N-methyl/N-ethyl adjacent to an activating group) is 2. The fourth-order valence-electron chi connectivity index (χ4n) is 4.12. The summed E-state index contributed by atoms with van der Waals surface area (Å²) >= 11 is 6.11. The van der Waals surface area contributed by atoms with Crippen molar-refractivity contribution >= 4 is 28.8 Å². The van der Waals surface area contributed by atoms with E-state index in [1.807, 2.05) is 13.8 Å². The second-order valence-corrected chi connectivity index (χ2v) is 9.24. The molecule has 1 fully saturated rings. The molecule has 1 N–H and O–H groups in total. The van der Waals surface area contributed by atoms with E-state index >= 15 is 0 Å². The first-order valence-electron chi connectivity index (χ1n) is 11.9. The minimum absolute atomic E-state index is 0.542. The predicted molar refractivity (Wildman–Crippen MR) is 144 cm³/mol. The van der Waals surface area contributed by atoms with Crippen molar-refractivity contribution in [2.75, 3.05) is 63.6 Å². The molecule has 1 aromatic carbocycles. The molecule has 1 aliphatic heterocycles. The molecule has 1 saturated heterocycles. The van der Waals surface area contributed by atoms with Gasteiger partial charge in [-0.05, 0) is 64.5 Å². The first-order valence-corrected chi connectivity index (χ1v) is 12.3. The molecule has 1 atom stereocenters. The molecule has 0 bridgehead atoms. The number of allylic oxidation sites excluding steroid dienone is 2. The summed E-state index contributed by atoms with van der Waals surface area (Å²) in [5.74, 6) is 1.54. The predicted octanol–water partition coefficient (Wildman–Crippen LogP) is 5.34. The molecule has 1 unspecified atom stereocenters. The number of nitrogens with zero attached hydrogens (tertiary/aromatic N) is 4. The lowest BCUT2D eigenvalue weighted by Gasteiger charge is -2.28. The van der Waals surface area contributed by atoms with Crippen molar-refractivity contribution in [2.24, 2.45) is 4.99 Å². The molecular weight excluding hydrogens is 434 g/mol. The molecule has 0 radical (unpaired) electrons. The summed E-state index contributed by atoms with van der Waals surface area (Å²) in [6.07, 6.45) is 2.79. The number of methoxy groups -OCH3 is 1. The maximum Gasteiger partial charge on any atom is 0.144 e. The van der Waals surface area contributed by atoms with Crippen molar-refractivity contribution in [1.29, 1.82) is 0 Å². The molecule has 184 valence electrons. The third kappa shape index (κ3) is 7.76. The molecule has 1 heterocycles. The Morgan fingerprint density at radius 1 is 1.30 bits per heavy atom. The number of anilines is 2. The van der Waals surface area contributed by atoms with Gasteiger partial charge in [0.2, 0.25) is 0 Å². The van der Waals surface area contributed by atoms with Crippen LogP contribution in [0.2, 0.25) is 0 Å². The van der Waals surface area contributed by atoms with Crippen molar-refractivity contribution in [2.45, 2.75) is 47.1 Å². The maximum absolute atomic E-state index is 6.11. The van der Waals surface area contributed by atoms with Crippen LogP contribution in [0.15, 0.2) is 40.5 Å². The minimum Gasteiger partial charge on any atom is -0.494 e. The van der Waals surface area contributed by atoms with Crippen LogP contribution in [0.1, 0.15) is 39.7 Å². The molecule has 1 aliphatic rings. The summed E-state index contributed by atoms with van der Waals surface area (Å²) in [4.78, 5) is 11.9. The fraction of sp³-hybridized carbons (Fsp3) is 0.577. The smallest absolute Gasteiger partial charge is 0.144 e. The molecule has 7 heteroatoms. The Hall–Kier alpha value is -2.02. The number of nitrogens with one attached hydrogen (secondary N) is 1. The monoisotopic (exact) mass is 475 g/mol. The van der Waals surface area contributed by atoms with Gasteiger partial charge < -0.3 is 24.8 Å². The van der Waals surface area contributed by atoms with E-state index in [0.29, 0.717) is 11.1 Å². The average Bonchev–Trinajstić information content (AvgIpc) is 3.28. The first kappa shape index (κ1) is 27.2. The van der Waals surface area contributed by atoms with Crippen LogP contribution in [-0.2, 0) is 0 Å². The molecule has 0 aromatic heterocycles. The van der Waals surface area contributed by atoms with E-state index in [1.165, 1.54) is 17.7 Å². The van der Waals surface area contributed by atoms with Crippen LogP contribution in [0.3, 0.4) is 0 Å². The minimum atomic E-state index is 0.542. The third-order valence-corrected chi connectivity index (χ3v) is 6.82. The van der Waals surface area contributed by atoms with Gasteiger partial charge in [-0.15, -0.1) is 0 Å². The average molecular weight is 476 g/mol. The van der Waals surface area contributed by atoms with Gasteiger partial charge in [0.25, 0.3) is 0 Å². The number of benzene rings is 1. The summed E-state index contributed by atoms with van der Waals surface area (Å²) in [6.45, 7) is 20.8. The number of rotatable bonds is 11. The highest BCUT2D eigenvalue weighted by molar-refractivity contribution is 6.31. The quantitative estimate of drug-likeness (QED) is 0.266. The lowest BCUT2D eigenvalue weighted by Crippen LogP contribution is -2.40. The SMILES string of the molecule is C=C(C)/C(Cl)=C\N=C(C)Nc1cc(C)c(N2CCC(N(C)CCN(CC)CC)C2)cc1OC. The van der Waals surface area contributed by atoms with E-state index in [4.69, 9.17) is 16.3 Å². The zero-order chi connectivity index (χ0) is 24.5. The van der Waals surface area contributed by atoms with Gasteiger partial charge in [-0.1, -0.05) is 32.0 Å². The molecule has 6 nitrogen and oxygen atoms in total. The Balaban J connectivity index is 2.09. The molecule has 0 amide bonds. The zero-order valence-electron chi connectivity index (χ0n) is 21.5. The number of amidine groups is 1. The van der Waals surface area contributed by atoms with Gasteiger partial charge >= 0.3 is 0 Å². The van der Waals surface area contributed by atoms with Gasteiger partial charge in [0.1, 0.15) is 11.6 Å². The fourth-order valence-corrected chi connectivity index (χ4v) is 4.17. The topological polar surface area (TPSA) is 43.3 Å². The van der Waals surface area contributed by atoms with Crippen LogP contribution < -0.4 is 15.0 Å². The number of halogens is 1. The van der Waals surface area contributed by atoms with Crippen LogP contribution in [0.4, 0.5) is 11.4 Å². The van der Waals surface area contributed by atoms with Crippen molar-refractivity contribution < 1.29 is 4.74 Å². The number of aliphatic imine (C=N–C) groups is 1. The molecule has 2 rings (SSSR count). The number of hydrogen-bond acceptors (Lipinski definition) is 5. The van der Waals surface area contributed by atoms with E-state index in [1.54, 1.807) is 13.3 Å². The molecule has 1 aromatic rings. The van der Waals surface area contributed by atoms with Gasteiger partial charge in [-0.3, -0.25) is 0 Å². The van der Waals surface area contributed by atoms with E-state index in [-0.39, 0.29) is 0 Å². The van der Waals surface area contributed by atoms with Crippen LogP contribution >= 0.6 is 11.6 Å². The van der Waals surface area contributed by atoms with Crippen molar-refractivity contribution in [3.8, 4) is 5.75 Å². The third-order valence-electron chi connectivity index (χ3n) is 6.40. The highest BCUT2D eigenvalue weighted by Crippen LogP contribution is 2.35. The summed E-state index contributed by atoms with van der Waals surface area (Å²) in [6, 6.07) is 4.84. The van der Waals surface area contributed by atoms with Crippen LogP contribution in [0, 0.1) is 6.92 Å². The summed E-state index contributed by atoms with van der Waals surface area (Å²) in [5, 5.41) is 3.88. The number of hydrogen-bond donors (Lipinski definition) is 1. The number of ether oxygens (including phenoxy) is 1. The second-order valence-electron chi connectivity index (χ2n) is 8.83. The van der Waals surface area contributed by atoms with E-state index in [9.17, 15) is 0 Å². The Bertz CT molecular complexity index is 862. The van der Waals surface area contributed by atoms with Gasteiger partial charge in [0, 0.05) is 50.2 Å². The lowest BCUT2D eigenvalue weighted by atomic mass is 10.1. The van der Waals surface area contributed by atoms with E-state index < -0.39 is 0 Å². The van der Waals surface area contributed by atoms with Crippen molar-refractivity contribution in [3.63, 3.8) is 0 Å². The van der Waals surface area contributed by atoms with E-state index in [2.05, 4.69) is 71.5 Å². The summed E-state index contributed by atoms with van der Waals surface area (Å²) in [5.41, 5.74) is 4.13. The second kappa shape index (κ2) is 13.0. The Morgan fingerprint density at radius 3 is 2.61 bits per heavy atom. The Morgan fingerprint density at radius 2 is 2.00 bits per heavy atom. The molecule has 33 heavy (non-hydrogen) atoms. The van der Waals surface area contributed by atoms with Gasteiger partial charge in [-0.25, -0.2) is 4.99 Å². The molecular formula is C26H42ClN5O. The maximum atomic E-state index is 6.11. The largest absolute Gasteiger partial charge is 0.494 e. The van der Waals surface area contributed by atoms with Gasteiger partial charge in [0.05, 0.1) is 17.8 Å². The Kier molecular flexibility index (Phi) is 10.7.